The molecule has 1 aliphatic carbocycles. The van der Waals surface area contributed by atoms with E-state index in [4.69, 9.17) is 0 Å². The summed E-state index contributed by atoms with van der Waals surface area (Å²) in [6.45, 7) is 4.02. The van der Waals surface area contributed by atoms with Crippen molar-refractivity contribution in [2.24, 2.45) is 5.92 Å². The highest BCUT2D eigenvalue weighted by atomic mass is 19.1. The van der Waals surface area contributed by atoms with Crippen LogP contribution >= 0.6 is 0 Å². The van der Waals surface area contributed by atoms with Gasteiger partial charge in [-0.2, -0.15) is 0 Å². The molecule has 0 bridgehead atoms. The molecule has 3 fully saturated rings. The molecule has 118 valence electrons. The lowest BCUT2D eigenvalue weighted by Crippen LogP contribution is -2.56. The molecule has 3 aliphatic rings. The smallest absolute Gasteiger partial charge is 0.226 e. The molecule has 1 saturated carbocycles. The lowest BCUT2D eigenvalue weighted by Gasteiger charge is -2.44. The van der Waals surface area contributed by atoms with Crippen LogP contribution in [-0.4, -0.2) is 47.9 Å². The molecule has 3 atom stereocenters. The number of hydrogen-bond donors (Lipinski definition) is 0. The molecule has 1 amide bonds. The second kappa shape index (κ2) is 5.65. The predicted octanol–water partition coefficient (Wildman–Crippen LogP) is 2.63. The van der Waals surface area contributed by atoms with Crippen molar-refractivity contribution in [3.63, 3.8) is 0 Å². The van der Waals surface area contributed by atoms with Crippen LogP contribution in [0, 0.1) is 11.7 Å². The molecule has 1 aromatic carbocycles. The molecule has 0 spiro atoms. The van der Waals surface area contributed by atoms with Crippen LogP contribution in [0.4, 0.5) is 4.39 Å². The minimum absolute atomic E-state index is 0.126. The number of hydrogen-bond acceptors (Lipinski definition) is 2. The number of rotatable bonds is 2. The fraction of sp³-hybridized carbons (Fsp3) is 0.611. The van der Waals surface area contributed by atoms with E-state index in [0.717, 1.165) is 31.6 Å². The highest BCUT2D eigenvalue weighted by Gasteiger charge is 2.46. The van der Waals surface area contributed by atoms with E-state index < -0.39 is 0 Å². The summed E-state index contributed by atoms with van der Waals surface area (Å²) in [6, 6.07) is 7.22. The van der Waals surface area contributed by atoms with E-state index >= 15 is 0 Å². The SMILES string of the molecule is O=C(C1CC1c1ccc(F)cc1)N1CCN2CCCCC2C1. The predicted molar refractivity (Wildman–Crippen MR) is 83.0 cm³/mol. The number of piperidine rings is 1. The summed E-state index contributed by atoms with van der Waals surface area (Å²) < 4.78 is 13.0. The summed E-state index contributed by atoms with van der Waals surface area (Å²) in [5, 5.41) is 0. The van der Waals surface area contributed by atoms with Crippen molar-refractivity contribution in [1.82, 2.24) is 9.80 Å². The molecule has 2 aliphatic heterocycles. The second-order valence-corrected chi connectivity index (χ2v) is 6.97. The van der Waals surface area contributed by atoms with Crippen LogP contribution in [-0.2, 0) is 4.79 Å². The standard InChI is InChI=1S/C18H23FN2O/c19-14-6-4-13(5-7-14)16-11-17(16)18(22)21-10-9-20-8-2-1-3-15(20)12-21/h4-7,15-17H,1-3,8-12H2. The number of halogens is 1. The minimum atomic E-state index is -0.208. The second-order valence-electron chi connectivity index (χ2n) is 6.97. The number of nitrogens with zero attached hydrogens (tertiary/aromatic N) is 2. The van der Waals surface area contributed by atoms with E-state index in [1.54, 1.807) is 0 Å². The highest BCUT2D eigenvalue weighted by Crippen LogP contribution is 2.48. The average molecular weight is 302 g/mol. The van der Waals surface area contributed by atoms with Crippen molar-refractivity contribution in [2.75, 3.05) is 26.2 Å². The summed E-state index contributed by atoms with van der Waals surface area (Å²) in [5.41, 5.74) is 1.11. The van der Waals surface area contributed by atoms with Crippen LogP contribution in [0.15, 0.2) is 24.3 Å². The van der Waals surface area contributed by atoms with E-state index in [1.807, 2.05) is 12.1 Å². The summed E-state index contributed by atoms with van der Waals surface area (Å²) in [7, 11) is 0. The molecule has 22 heavy (non-hydrogen) atoms. The third kappa shape index (κ3) is 2.65. The van der Waals surface area contributed by atoms with Gasteiger partial charge in [-0.05, 0) is 49.4 Å². The van der Waals surface area contributed by atoms with Gasteiger partial charge in [-0.15, -0.1) is 0 Å². The molecule has 3 unspecified atom stereocenters. The van der Waals surface area contributed by atoms with Crippen molar-refractivity contribution in [3.05, 3.63) is 35.6 Å². The molecule has 2 saturated heterocycles. The summed E-state index contributed by atoms with van der Waals surface area (Å²) in [6.07, 6.45) is 4.76. The Balaban J connectivity index is 1.38. The van der Waals surface area contributed by atoms with Gasteiger partial charge in [-0.25, -0.2) is 4.39 Å². The average Bonchev–Trinajstić information content (AvgIpc) is 3.35. The Morgan fingerprint density at radius 1 is 1.09 bits per heavy atom. The summed E-state index contributed by atoms with van der Waals surface area (Å²) in [4.78, 5) is 17.4. The normalized spacial score (nSPS) is 31.7. The lowest BCUT2D eigenvalue weighted by atomic mass is 9.99. The third-order valence-corrected chi connectivity index (χ3v) is 5.55. The van der Waals surface area contributed by atoms with Gasteiger partial charge in [-0.1, -0.05) is 18.6 Å². The molecule has 0 N–H and O–H groups in total. The quantitative estimate of drug-likeness (QED) is 0.838. The Hall–Kier alpha value is -1.42. The zero-order valence-corrected chi connectivity index (χ0v) is 12.9. The Labute approximate surface area is 131 Å². The first-order valence-electron chi connectivity index (χ1n) is 8.50. The van der Waals surface area contributed by atoms with Crippen LogP contribution in [0.2, 0.25) is 0 Å². The number of carbonyl (C=O) groups is 1. The summed E-state index contributed by atoms with van der Waals surface area (Å²) in [5.74, 6) is 0.540. The third-order valence-electron chi connectivity index (χ3n) is 5.55. The number of amides is 1. The summed E-state index contributed by atoms with van der Waals surface area (Å²) >= 11 is 0. The minimum Gasteiger partial charge on any atom is -0.340 e. The number of fused-ring (bicyclic) bond motifs is 1. The molecule has 3 nitrogen and oxygen atoms in total. The first-order valence-corrected chi connectivity index (χ1v) is 8.50. The van der Waals surface area contributed by atoms with Crippen LogP contribution in [0.25, 0.3) is 0 Å². The van der Waals surface area contributed by atoms with E-state index in [1.165, 1.54) is 37.9 Å². The largest absolute Gasteiger partial charge is 0.340 e. The van der Waals surface area contributed by atoms with E-state index in [2.05, 4.69) is 9.80 Å². The fourth-order valence-corrected chi connectivity index (χ4v) is 4.14. The van der Waals surface area contributed by atoms with Gasteiger partial charge in [-0.3, -0.25) is 9.69 Å². The molecular weight excluding hydrogens is 279 g/mol. The van der Waals surface area contributed by atoms with Gasteiger partial charge in [0, 0.05) is 31.6 Å². The Kier molecular flexibility index (Phi) is 3.65. The molecule has 2 heterocycles. The van der Waals surface area contributed by atoms with Crippen molar-refractivity contribution in [2.45, 2.75) is 37.6 Å². The van der Waals surface area contributed by atoms with Gasteiger partial charge >= 0.3 is 0 Å². The molecule has 4 rings (SSSR count). The molecular formula is C18H23FN2O. The van der Waals surface area contributed by atoms with E-state index in [-0.39, 0.29) is 11.7 Å². The van der Waals surface area contributed by atoms with E-state index in [9.17, 15) is 9.18 Å². The van der Waals surface area contributed by atoms with Crippen molar-refractivity contribution < 1.29 is 9.18 Å². The number of piperazine rings is 1. The van der Waals surface area contributed by atoms with Gasteiger partial charge in [0.25, 0.3) is 0 Å². The maximum atomic E-state index is 13.0. The van der Waals surface area contributed by atoms with Crippen molar-refractivity contribution in [3.8, 4) is 0 Å². The van der Waals surface area contributed by atoms with E-state index in [0.29, 0.717) is 17.9 Å². The van der Waals surface area contributed by atoms with Crippen LogP contribution in [0.1, 0.15) is 37.2 Å². The van der Waals surface area contributed by atoms with Crippen molar-refractivity contribution >= 4 is 5.91 Å². The first kappa shape index (κ1) is 14.2. The van der Waals surface area contributed by atoms with Crippen LogP contribution in [0.3, 0.4) is 0 Å². The van der Waals surface area contributed by atoms with Gasteiger partial charge < -0.3 is 4.90 Å². The molecule has 1 aromatic rings. The topological polar surface area (TPSA) is 23.6 Å². The Morgan fingerprint density at radius 3 is 2.73 bits per heavy atom. The fourth-order valence-electron chi connectivity index (χ4n) is 4.14. The van der Waals surface area contributed by atoms with Gasteiger partial charge in [0.15, 0.2) is 0 Å². The van der Waals surface area contributed by atoms with Crippen LogP contribution < -0.4 is 0 Å². The number of benzene rings is 1. The van der Waals surface area contributed by atoms with Gasteiger partial charge in [0.05, 0.1) is 0 Å². The lowest BCUT2D eigenvalue weighted by molar-refractivity contribution is -0.136. The zero-order valence-electron chi connectivity index (χ0n) is 12.9. The maximum Gasteiger partial charge on any atom is 0.226 e. The van der Waals surface area contributed by atoms with Crippen molar-refractivity contribution in [1.29, 1.82) is 0 Å². The molecule has 4 heteroatoms. The first-order chi connectivity index (χ1) is 10.7. The molecule has 0 radical (unpaired) electrons. The maximum absolute atomic E-state index is 13.0. The number of carbonyl (C=O) groups excluding carboxylic acids is 1. The highest BCUT2D eigenvalue weighted by molar-refractivity contribution is 5.83. The Morgan fingerprint density at radius 2 is 1.91 bits per heavy atom. The monoisotopic (exact) mass is 302 g/mol. The van der Waals surface area contributed by atoms with Gasteiger partial charge in [0.2, 0.25) is 5.91 Å². The zero-order chi connectivity index (χ0) is 15.1. The molecule has 0 aromatic heterocycles. The Bertz CT molecular complexity index is 559. The van der Waals surface area contributed by atoms with Gasteiger partial charge in [0.1, 0.15) is 5.82 Å². The van der Waals surface area contributed by atoms with Crippen LogP contribution in [0.5, 0.6) is 0 Å².